The van der Waals surface area contributed by atoms with E-state index in [0.717, 1.165) is 9.75 Å². The molecule has 0 atom stereocenters. The zero-order chi connectivity index (χ0) is 13.1. The van der Waals surface area contributed by atoms with Gasteiger partial charge < -0.3 is 4.42 Å². The number of hydrogen-bond acceptors (Lipinski definition) is 4. The molecule has 0 unspecified atom stereocenters. The maximum Gasteiger partial charge on any atom is 0.207 e. The maximum absolute atomic E-state index is 12.1. The SMILES string of the molecule is Cc1ccc(/C=C(\C#N)C(=O)c2ccoc2C)s1. The number of aryl methyl sites for hydroxylation is 2. The van der Waals surface area contributed by atoms with Crippen molar-refractivity contribution >= 4 is 23.2 Å². The lowest BCUT2D eigenvalue weighted by Gasteiger charge is -1.96. The Labute approximate surface area is 109 Å². The third-order valence-electron chi connectivity index (χ3n) is 2.52. The van der Waals surface area contributed by atoms with Gasteiger partial charge in [0.1, 0.15) is 17.4 Å². The van der Waals surface area contributed by atoms with Gasteiger partial charge in [-0.25, -0.2) is 0 Å². The van der Waals surface area contributed by atoms with E-state index in [-0.39, 0.29) is 11.4 Å². The zero-order valence-electron chi connectivity index (χ0n) is 10.1. The Morgan fingerprint density at radius 2 is 2.17 bits per heavy atom. The number of nitrogens with zero attached hydrogens (tertiary/aromatic N) is 1. The smallest absolute Gasteiger partial charge is 0.207 e. The average molecular weight is 257 g/mol. The quantitative estimate of drug-likeness (QED) is 0.478. The van der Waals surface area contributed by atoms with E-state index in [0.29, 0.717) is 11.3 Å². The second-order valence-corrected chi connectivity index (χ2v) is 5.16. The van der Waals surface area contributed by atoms with E-state index in [4.69, 9.17) is 9.68 Å². The number of thiophene rings is 1. The Morgan fingerprint density at radius 1 is 1.39 bits per heavy atom. The predicted molar refractivity (Wildman–Crippen MR) is 70.4 cm³/mol. The van der Waals surface area contributed by atoms with E-state index in [1.54, 1.807) is 30.4 Å². The van der Waals surface area contributed by atoms with Gasteiger partial charge in [-0.05, 0) is 38.1 Å². The minimum absolute atomic E-state index is 0.126. The van der Waals surface area contributed by atoms with Gasteiger partial charge in [-0.3, -0.25) is 4.79 Å². The van der Waals surface area contributed by atoms with Gasteiger partial charge in [-0.2, -0.15) is 5.26 Å². The highest BCUT2D eigenvalue weighted by atomic mass is 32.1. The topological polar surface area (TPSA) is 54.0 Å². The lowest BCUT2D eigenvalue weighted by Crippen LogP contribution is -2.01. The molecule has 2 aromatic heterocycles. The third-order valence-corrected chi connectivity index (χ3v) is 3.46. The van der Waals surface area contributed by atoms with Crippen LogP contribution in [0.1, 0.15) is 25.9 Å². The molecule has 0 N–H and O–H groups in total. The molecule has 3 nitrogen and oxygen atoms in total. The summed E-state index contributed by atoms with van der Waals surface area (Å²) in [6.07, 6.45) is 3.07. The maximum atomic E-state index is 12.1. The molecule has 0 aliphatic carbocycles. The summed E-state index contributed by atoms with van der Waals surface area (Å²) < 4.78 is 5.08. The number of rotatable bonds is 3. The monoisotopic (exact) mass is 257 g/mol. The van der Waals surface area contributed by atoms with Crippen LogP contribution < -0.4 is 0 Å². The number of carbonyl (C=O) groups excluding carboxylic acids is 1. The molecule has 2 rings (SSSR count). The van der Waals surface area contributed by atoms with Crippen molar-refractivity contribution in [1.29, 1.82) is 5.26 Å². The highest BCUT2D eigenvalue weighted by Crippen LogP contribution is 2.21. The van der Waals surface area contributed by atoms with Gasteiger partial charge in [0, 0.05) is 9.75 Å². The number of nitriles is 1. The lowest BCUT2D eigenvalue weighted by atomic mass is 10.0. The van der Waals surface area contributed by atoms with Crippen LogP contribution in [-0.2, 0) is 0 Å². The van der Waals surface area contributed by atoms with E-state index < -0.39 is 0 Å². The van der Waals surface area contributed by atoms with Crippen molar-refractivity contribution < 1.29 is 9.21 Å². The molecule has 90 valence electrons. The van der Waals surface area contributed by atoms with Crippen LogP contribution in [0.25, 0.3) is 6.08 Å². The summed E-state index contributed by atoms with van der Waals surface area (Å²) >= 11 is 1.55. The van der Waals surface area contributed by atoms with Crippen LogP contribution in [0.3, 0.4) is 0 Å². The Balaban J connectivity index is 2.36. The van der Waals surface area contributed by atoms with E-state index in [1.807, 2.05) is 25.1 Å². The number of carbonyl (C=O) groups is 1. The van der Waals surface area contributed by atoms with Gasteiger partial charge in [0.25, 0.3) is 0 Å². The minimum Gasteiger partial charge on any atom is -0.469 e. The molecule has 0 saturated heterocycles. The predicted octanol–water partition coefficient (Wildman–Crippen LogP) is 3.75. The summed E-state index contributed by atoms with van der Waals surface area (Å²) in [5.74, 6) is 0.235. The van der Waals surface area contributed by atoms with Crippen LogP contribution >= 0.6 is 11.3 Å². The van der Waals surface area contributed by atoms with Gasteiger partial charge in [-0.15, -0.1) is 11.3 Å². The van der Waals surface area contributed by atoms with Crippen LogP contribution in [-0.4, -0.2) is 5.78 Å². The van der Waals surface area contributed by atoms with Crippen molar-refractivity contribution in [2.45, 2.75) is 13.8 Å². The van der Waals surface area contributed by atoms with Gasteiger partial charge in [0.15, 0.2) is 0 Å². The molecule has 2 heterocycles. The number of furan rings is 1. The fraction of sp³-hybridized carbons (Fsp3) is 0.143. The Kier molecular flexibility index (Phi) is 3.45. The molecule has 0 radical (unpaired) electrons. The second kappa shape index (κ2) is 5.03. The first-order valence-electron chi connectivity index (χ1n) is 5.39. The number of allylic oxidation sites excluding steroid dienone is 1. The van der Waals surface area contributed by atoms with Gasteiger partial charge >= 0.3 is 0 Å². The Hall–Kier alpha value is -2.12. The van der Waals surface area contributed by atoms with Gasteiger partial charge in [-0.1, -0.05) is 0 Å². The van der Waals surface area contributed by atoms with Crippen LogP contribution in [0.2, 0.25) is 0 Å². The molecule has 0 aliphatic rings. The molecular weight excluding hydrogens is 246 g/mol. The first-order chi connectivity index (χ1) is 8.61. The van der Waals surface area contributed by atoms with E-state index in [2.05, 4.69) is 0 Å². The highest BCUT2D eigenvalue weighted by Gasteiger charge is 2.16. The Bertz CT molecular complexity index is 655. The van der Waals surface area contributed by atoms with Crippen molar-refractivity contribution in [3.8, 4) is 6.07 Å². The van der Waals surface area contributed by atoms with Crippen LogP contribution in [0.15, 0.2) is 34.5 Å². The second-order valence-electron chi connectivity index (χ2n) is 3.84. The van der Waals surface area contributed by atoms with E-state index in [9.17, 15) is 4.79 Å². The fourth-order valence-electron chi connectivity index (χ4n) is 1.59. The zero-order valence-corrected chi connectivity index (χ0v) is 10.9. The largest absolute Gasteiger partial charge is 0.469 e. The molecule has 0 fully saturated rings. The average Bonchev–Trinajstić information content (AvgIpc) is 2.94. The fourth-order valence-corrected chi connectivity index (χ4v) is 2.41. The molecule has 0 aliphatic heterocycles. The first kappa shape index (κ1) is 12.3. The number of Topliss-reactive ketones (excluding diaryl/α,β-unsaturated/α-hetero) is 1. The summed E-state index contributed by atoms with van der Waals surface area (Å²) in [5.41, 5.74) is 0.567. The normalized spacial score (nSPS) is 11.3. The standard InChI is InChI=1S/C14H11NO2S/c1-9-3-4-12(18-9)7-11(8-15)14(16)13-5-6-17-10(13)2/h3-7H,1-2H3/b11-7+. The Morgan fingerprint density at radius 3 is 2.67 bits per heavy atom. The third kappa shape index (κ3) is 2.41. The van der Waals surface area contributed by atoms with Crippen molar-refractivity contribution in [3.05, 3.63) is 51.1 Å². The van der Waals surface area contributed by atoms with Crippen molar-refractivity contribution in [2.24, 2.45) is 0 Å². The van der Waals surface area contributed by atoms with Crippen molar-refractivity contribution in [2.75, 3.05) is 0 Å². The van der Waals surface area contributed by atoms with Gasteiger partial charge in [0.2, 0.25) is 5.78 Å². The first-order valence-corrected chi connectivity index (χ1v) is 6.20. The molecule has 0 saturated carbocycles. The summed E-state index contributed by atoms with van der Waals surface area (Å²) in [6, 6.07) is 7.39. The summed E-state index contributed by atoms with van der Waals surface area (Å²) in [5, 5.41) is 9.09. The molecule has 2 aromatic rings. The lowest BCUT2D eigenvalue weighted by molar-refractivity contribution is 0.103. The summed E-state index contributed by atoms with van der Waals surface area (Å²) in [6.45, 7) is 3.69. The molecular formula is C14H11NO2S. The van der Waals surface area contributed by atoms with E-state index in [1.165, 1.54) is 6.26 Å². The summed E-state index contributed by atoms with van der Waals surface area (Å²) in [4.78, 5) is 14.2. The van der Waals surface area contributed by atoms with Crippen LogP contribution in [0, 0.1) is 25.2 Å². The molecule has 0 bridgehead atoms. The van der Waals surface area contributed by atoms with Crippen molar-refractivity contribution in [3.63, 3.8) is 0 Å². The number of hydrogen-bond donors (Lipinski definition) is 0. The minimum atomic E-state index is -0.296. The molecule has 4 heteroatoms. The molecule has 0 spiro atoms. The van der Waals surface area contributed by atoms with Crippen LogP contribution in [0.5, 0.6) is 0 Å². The summed E-state index contributed by atoms with van der Waals surface area (Å²) in [7, 11) is 0. The van der Waals surface area contributed by atoms with Crippen LogP contribution in [0.4, 0.5) is 0 Å². The molecule has 18 heavy (non-hydrogen) atoms. The van der Waals surface area contributed by atoms with E-state index >= 15 is 0 Å². The van der Waals surface area contributed by atoms with Crippen molar-refractivity contribution in [1.82, 2.24) is 0 Å². The molecule has 0 amide bonds. The van der Waals surface area contributed by atoms with Gasteiger partial charge in [0.05, 0.1) is 11.8 Å². The highest BCUT2D eigenvalue weighted by molar-refractivity contribution is 7.12. The number of ketones is 1. The molecule has 0 aromatic carbocycles.